The zero-order valence-electron chi connectivity index (χ0n) is 16.3. The largest absolute Gasteiger partial charge is 0.390 e. The third-order valence-corrected chi connectivity index (χ3v) is 6.49. The van der Waals surface area contributed by atoms with E-state index < -0.39 is 5.60 Å². The van der Waals surface area contributed by atoms with Crippen LogP contribution in [-0.4, -0.2) is 36.9 Å². The molecule has 1 heterocycles. The number of hydrogen-bond donors (Lipinski definition) is 1. The Balaban J connectivity index is 1.63. The average Bonchev–Trinajstić information content (AvgIpc) is 2.98. The molecule has 1 aromatic carbocycles. The van der Waals surface area contributed by atoms with E-state index in [-0.39, 0.29) is 11.3 Å². The van der Waals surface area contributed by atoms with Crippen LogP contribution in [0, 0.1) is 5.41 Å². The maximum absolute atomic E-state index is 13.2. The molecule has 1 N–H and O–H groups in total. The smallest absolute Gasteiger partial charge is 0.233 e. The predicted molar refractivity (Wildman–Crippen MR) is 104 cm³/mol. The second-order valence-corrected chi connectivity index (χ2v) is 8.22. The summed E-state index contributed by atoms with van der Waals surface area (Å²) in [4.78, 5) is 15.1. The molecular weight excluding hydrogens is 326 g/mol. The number of nitrogens with zero attached hydrogens (tertiary/aromatic N) is 1. The molecule has 1 aliphatic carbocycles. The monoisotopic (exact) mass is 359 g/mol. The van der Waals surface area contributed by atoms with Crippen molar-refractivity contribution in [3.05, 3.63) is 29.8 Å². The lowest BCUT2D eigenvalue weighted by Crippen LogP contribution is -2.43. The molecular formula is C22H33NO3. The van der Waals surface area contributed by atoms with Crippen molar-refractivity contribution < 1.29 is 14.6 Å². The summed E-state index contributed by atoms with van der Waals surface area (Å²) in [7, 11) is 1.71. The zero-order valence-corrected chi connectivity index (χ0v) is 16.3. The molecule has 1 spiro atoms. The topological polar surface area (TPSA) is 49.8 Å². The van der Waals surface area contributed by atoms with E-state index in [0.717, 1.165) is 70.0 Å². The van der Waals surface area contributed by atoms with Crippen molar-refractivity contribution in [3.8, 4) is 0 Å². The molecule has 1 saturated heterocycles. The first-order valence-corrected chi connectivity index (χ1v) is 10.1. The van der Waals surface area contributed by atoms with E-state index in [9.17, 15) is 9.90 Å². The van der Waals surface area contributed by atoms with Crippen LogP contribution in [0.3, 0.4) is 0 Å². The standard InChI is InChI=1S/C22H33NO3/c1-3-4-10-22(25)13-11-21(12-14-22)15-16-23(20(21)24)19-7-5-18(6-8-19)9-17-26-2/h5-8,25H,3-4,9-17H2,1-2H3. The minimum absolute atomic E-state index is 0.243. The van der Waals surface area contributed by atoms with Crippen LogP contribution in [-0.2, 0) is 16.0 Å². The van der Waals surface area contributed by atoms with E-state index in [0.29, 0.717) is 6.61 Å². The average molecular weight is 360 g/mol. The minimum Gasteiger partial charge on any atom is -0.390 e. The van der Waals surface area contributed by atoms with Crippen molar-refractivity contribution in [1.82, 2.24) is 0 Å². The first-order valence-electron chi connectivity index (χ1n) is 10.1. The van der Waals surface area contributed by atoms with Gasteiger partial charge in [0.1, 0.15) is 0 Å². The van der Waals surface area contributed by atoms with Crippen molar-refractivity contribution in [1.29, 1.82) is 0 Å². The highest BCUT2D eigenvalue weighted by Gasteiger charge is 2.51. The van der Waals surface area contributed by atoms with Crippen LogP contribution in [0.25, 0.3) is 0 Å². The Kier molecular flexibility index (Phi) is 6.03. The molecule has 2 aliphatic rings. The molecule has 0 unspecified atom stereocenters. The molecule has 4 heteroatoms. The quantitative estimate of drug-likeness (QED) is 0.797. The van der Waals surface area contributed by atoms with Gasteiger partial charge in [-0.05, 0) is 62.6 Å². The SMILES string of the molecule is CCCCC1(O)CCC2(CCN(c3ccc(CCOC)cc3)C2=O)CC1. The van der Waals surface area contributed by atoms with Crippen LogP contribution < -0.4 is 4.90 Å². The molecule has 4 nitrogen and oxygen atoms in total. The number of rotatable bonds is 7. The number of ether oxygens (including phenoxy) is 1. The lowest BCUT2D eigenvalue weighted by molar-refractivity contribution is -0.131. The van der Waals surface area contributed by atoms with Crippen molar-refractivity contribution in [2.45, 2.75) is 70.3 Å². The van der Waals surface area contributed by atoms with Crippen LogP contribution in [0.1, 0.15) is 63.9 Å². The number of unbranched alkanes of at least 4 members (excludes halogenated alkanes) is 1. The maximum Gasteiger partial charge on any atom is 0.233 e. The Morgan fingerprint density at radius 3 is 2.42 bits per heavy atom. The Hall–Kier alpha value is -1.39. The van der Waals surface area contributed by atoms with E-state index in [4.69, 9.17) is 4.74 Å². The Labute approximate surface area is 157 Å². The highest BCUT2D eigenvalue weighted by atomic mass is 16.5. The second-order valence-electron chi connectivity index (χ2n) is 8.22. The predicted octanol–water partition coefficient (Wildman–Crippen LogP) is 4.09. The van der Waals surface area contributed by atoms with E-state index in [2.05, 4.69) is 31.2 Å². The van der Waals surface area contributed by atoms with Gasteiger partial charge < -0.3 is 14.7 Å². The first kappa shape index (κ1) is 19.4. The van der Waals surface area contributed by atoms with Crippen LogP contribution in [0.2, 0.25) is 0 Å². The van der Waals surface area contributed by atoms with E-state index in [1.807, 2.05) is 4.90 Å². The molecule has 3 rings (SSSR count). The van der Waals surface area contributed by atoms with Gasteiger partial charge in [-0.3, -0.25) is 4.79 Å². The van der Waals surface area contributed by atoms with Gasteiger partial charge in [0.05, 0.1) is 17.6 Å². The van der Waals surface area contributed by atoms with Gasteiger partial charge in [-0.1, -0.05) is 31.9 Å². The van der Waals surface area contributed by atoms with Gasteiger partial charge in [-0.25, -0.2) is 0 Å². The Bertz CT molecular complexity index is 602. The Morgan fingerprint density at radius 2 is 1.81 bits per heavy atom. The van der Waals surface area contributed by atoms with E-state index >= 15 is 0 Å². The molecule has 1 amide bonds. The fourth-order valence-electron chi connectivity index (χ4n) is 4.54. The van der Waals surface area contributed by atoms with Crippen molar-refractivity contribution >= 4 is 11.6 Å². The fraction of sp³-hybridized carbons (Fsp3) is 0.682. The number of aliphatic hydroxyl groups is 1. The molecule has 144 valence electrons. The maximum atomic E-state index is 13.2. The van der Waals surface area contributed by atoms with Gasteiger partial charge in [0.25, 0.3) is 0 Å². The van der Waals surface area contributed by atoms with Gasteiger partial charge in [0, 0.05) is 19.3 Å². The number of methoxy groups -OCH3 is 1. The highest BCUT2D eigenvalue weighted by Crippen LogP contribution is 2.49. The summed E-state index contributed by atoms with van der Waals surface area (Å²) in [6.07, 6.45) is 8.06. The van der Waals surface area contributed by atoms with Crippen molar-refractivity contribution in [2.24, 2.45) is 5.41 Å². The Morgan fingerprint density at radius 1 is 1.12 bits per heavy atom. The summed E-state index contributed by atoms with van der Waals surface area (Å²) < 4.78 is 5.12. The van der Waals surface area contributed by atoms with Crippen molar-refractivity contribution in [2.75, 3.05) is 25.2 Å². The third kappa shape index (κ3) is 3.96. The van der Waals surface area contributed by atoms with Gasteiger partial charge in [0.2, 0.25) is 5.91 Å². The number of hydrogen-bond acceptors (Lipinski definition) is 3. The molecule has 1 aliphatic heterocycles. The van der Waals surface area contributed by atoms with Crippen LogP contribution in [0.15, 0.2) is 24.3 Å². The normalized spacial score (nSPS) is 28.9. The second kappa shape index (κ2) is 8.10. The third-order valence-electron chi connectivity index (χ3n) is 6.49. The van der Waals surface area contributed by atoms with Gasteiger partial charge in [-0.15, -0.1) is 0 Å². The summed E-state index contributed by atoms with van der Waals surface area (Å²) in [6, 6.07) is 8.30. The molecule has 0 bridgehead atoms. The zero-order chi connectivity index (χ0) is 18.6. The summed E-state index contributed by atoms with van der Waals surface area (Å²) in [5, 5.41) is 10.8. The molecule has 0 aromatic heterocycles. The van der Waals surface area contributed by atoms with E-state index in [1.165, 1.54) is 5.56 Å². The highest BCUT2D eigenvalue weighted by molar-refractivity contribution is 6.00. The molecule has 1 saturated carbocycles. The van der Waals surface area contributed by atoms with Crippen LogP contribution >= 0.6 is 0 Å². The summed E-state index contributed by atoms with van der Waals surface area (Å²) in [5.74, 6) is 0.264. The summed E-state index contributed by atoms with van der Waals surface area (Å²) in [5.41, 5.74) is 1.45. The molecule has 1 aromatic rings. The number of anilines is 1. The molecule has 2 fully saturated rings. The molecule has 0 radical (unpaired) electrons. The van der Waals surface area contributed by atoms with Gasteiger partial charge >= 0.3 is 0 Å². The molecule has 0 atom stereocenters. The minimum atomic E-state index is -0.544. The van der Waals surface area contributed by atoms with Crippen LogP contribution in [0.5, 0.6) is 0 Å². The summed E-state index contributed by atoms with van der Waals surface area (Å²) in [6.45, 7) is 3.67. The van der Waals surface area contributed by atoms with E-state index in [1.54, 1.807) is 7.11 Å². The van der Waals surface area contributed by atoms with Crippen molar-refractivity contribution in [3.63, 3.8) is 0 Å². The lowest BCUT2D eigenvalue weighted by Gasteiger charge is -2.41. The number of amides is 1. The van der Waals surface area contributed by atoms with Gasteiger partial charge in [-0.2, -0.15) is 0 Å². The van der Waals surface area contributed by atoms with Crippen LogP contribution in [0.4, 0.5) is 5.69 Å². The van der Waals surface area contributed by atoms with Gasteiger partial charge in [0.15, 0.2) is 0 Å². The molecule has 26 heavy (non-hydrogen) atoms. The lowest BCUT2D eigenvalue weighted by atomic mass is 9.66. The number of carbonyl (C=O) groups excluding carboxylic acids is 1. The fourth-order valence-corrected chi connectivity index (χ4v) is 4.54. The first-order chi connectivity index (χ1) is 12.5. The summed E-state index contributed by atoms with van der Waals surface area (Å²) >= 11 is 0. The number of benzene rings is 1. The number of carbonyl (C=O) groups is 1.